The van der Waals surface area contributed by atoms with Crippen LogP contribution >= 0.6 is 0 Å². The average Bonchev–Trinajstić information content (AvgIpc) is 2.64. The zero-order valence-electron chi connectivity index (χ0n) is 16.1. The lowest BCUT2D eigenvalue weighted by Gasteiger charge is -2.12. The second kappa shape index (κ2) is 9.34. The van der Waals surface area contributed by atoms with E-state index in [-0.39, 0.29) is 11.3 Å². The summed E-state index contributed by atoms with van der Waals surface area (Å²) in [5, 5.41) is 3.31. The Morgan fingerprint density at radius 2 is 2.00 bits per heavy atom. The summed E-state index contributed by atoms with van der Waals surface area (Å²) >= 11 is 0. The van der Waals surface area contributed by atoms with Gasteiger partial charge in [-0.05, 0) is 51.1 Å². The number of ether oxygens (including phenoxy) is 1. The van der Waals surface area contributed by atoms with E-state index in [4.69, 9.17) is 4.74 Å². The number of pyridine rings is 1. The van der Waals surface area contributed by atoms with Crippen LogP contribution in [-0.4, -0.2) is 30.5 Å². The molecule has 5 heteroatoms. The first-order valence-electron chi connectivity index (χ1n) is 9.07. The van der Waals surface area contributed by atoms with Gasteiger partial charge in [-0.2, -0.15) is 0 Å². The summed E-state index contributed by atoms with van der Waals surface area (Å²) in [4.78, 5) is 24.3. The smallest absolute Gasteiger partial charge is 0.253 e. The largest absolute Gasteiger partial charge is 0.496 e. The first-order valence-corrected chi connectivity index (χ1v) is 9.07. The van der Waals surface area contributed by atoms with Crippen LogP contribution in [0.15, 0.2) is 35.3 Å². The fourth-order valence-electron chi connectivity index (χ4n) is 2.95. The molecular weight excluding hydrogens is 328 g/mol. The maximum atomic E-state index is 12.4. The van der Waals surface area contributed by atoms with Crippen LogP contribution in [0.5, 0.6) is 5.75 Å². The van der Waals surface area contributed by atoms with Gasteiger partial charge in [-0.25, -0.2) is 0 Å². The summed E-state index contributed by atoms with van der Waals surface area (Å²) in [6.45, 7) is 5.75. The van der Waals surface area contributed by atoms with Crippen LogP contribution < -0.4 is 15.6 Å². The zero-order chi connectivity index (χ0) is 19.1. The number of rotatable bonds is 9. The van der Waals surface area contributed by atoms with Crippen molar-refractivity contribution < 1.29 is 9.53 Å². The Morgan fingerprint density at radius 3 is 2.65 bits per heavy atom. The van der Waals surface area contributed by atoms with E-state index in [0.29, 0.717) is 23.3 Å². The summed E-state index contributed by atoms with van der Waals surface area (Å²) in [5.74, 6) is 0.753. The van der Waals surface area contributed by atoms with E-state index in [1.165, 1.54) is 0 Å². The third kappa shape index (κ3) is 4.82. The predicted octanol–water partition coefficient (Wildman–Crippen LogP) is 3.33. The molecule has 1 heterocycles. The highest BCUT2D eigenvalue weighted by atomic mass is 16.5. The first kappa shape index (κ1) is 19.9. The molecule has 0 saturated heterocycles. The van der Waals surface area contributed by atoms with Crippen molar-refractivity contribution in [2.24, 2.45) is 7.05 Å². The molecule has 140 valence electrons. The molecule has 5 nitrogen and oxygen atoms in total. The van der Waals surface area contributed by atoms with Crippen LogP contribution in [0, 0.1) is 6.92 Å². The number of nitrogens with one attached hydrogen (secondary N) is 1. The van der Waals surface area contributed by atoms with Crippen LogP contribution in [0.2, 0.25) is 0 Å². The topological polar surface area (TPSA) is 60.3 Å². The molecule has 2 rings (SSSR count). The van der Waals surface area contributed by atoms with Gasteiger partial charge in [0, 0.05) is 41.9 Å². The Bertz CT molecular complexity index is 798. The molecule has 0 saturated carbocycles. The minimum Gasteiger partial charge on any atom is -0.496 e. The summed E-state index contributed by atoms with van der Waals surface area (Å²) in [7, 11) is 3.33. The van der Waals surface area contributed by atoms with Crippen molar-refractivity contribution in [3.63, 3.8) is 0 Å². The van der Waals surface area contributed by atoms with Crippen LogP contribution in [-0.2, 0) is 7.05 Å². The number of carbonyl (C=O) groups is 1. The Hall–Kier alpha value is -2.40. The van der Waals surface area contributed by atoms with Gasteiger partial charge in [0.1, 0.15) is 5.75 Å². The second-order valence-corrected chi connectivity index (χ2v) is 6.52. The van der Waals surface area contributed by atoms with Gasteiger partial charge in [0.25, 0.3) is 5.56 Å². The van der Waals surface area contributed by atoms with Crippen molar-refractivity contribution in [2.45, 2.75) is 33.1 Å². The molecule has 0 aliphatic heterocycles. The molecule has 1 aromatic heterocycles. The second-order valence-electron chi connectivity index (χ2n) is 6.52. The molecule has 1 aromatic carbocycles. The molecular formula is C21H28N2O3. The standard InChI is InChI=1S/C21H28N2O3/c1-5-10-22-11-6-7-19(24)16-8-9-18(20(13-16)26-4)17-12-15(2)21(25)23(3)14-17/h8-9,12-14,22H,5-7,10-11H2,1-4H3. The number of carbonyl (C=O) groups excluding carboxylic acids is 1. The van der Waals surface area contributed by atoms with Crippen LogP contribution in [0.1, 0.15) is 42.1 Å². The Balaban J connectivity index is 2.19. The van der Waals surface area contributed by atoms with Crippen molar-refractivity contribution in [3.05, 3.63) is 51.9 Å². The minimum atomic E-state index is -0.0174. The highest BCUT2D eigenvalue weighted by molar-refractivity contribution is 5.97. The molecule has 0 amide bonds. The Kier molecular flexibility index (Phi) is 7.16. The first-order chi connectivity index (χ1) is 12.5. The van der Waals surface area contributed by atoms with Crippen molar-refractivity contribution in [3.8, 4) is 16.9 Å². The average molecular weight is 356 g/mol. The van der Waals surface area contributed by atoms with E-state index in [0.717, 1.165) is 37.1 Å². The van der Waals surface area contributed by atoms with Crippen LogP contribution in [0.25, 0.3) is 11.1 Å². The SMILES string of the molecule is CCCNCCCC(=O)c1ccc(-c2cc(C)c(=O)n(C)c2)c(OC)c1. The number of aryl methyl sites for hydroxylation is 2. The van der Waals surface area contributed by atoms with E-state index in [1.54, 1.807) is 37.9 Å². The molecule has 0 bridgehead atoms. The van der Waals surface area contributed by atoms with Crippen LogP contribution in [0.4, 0.5) is 0 Å². The maximum Gasteiger partial charge on any atom is 0.253 e. The molecule has 0 radical (unpaired) electrons. The molecule has 2 aromatic rings. The predicted molar refractivity (Wildman–Crippen MR) is 105 cm³/mol. The lowest BCUT2D eigenvalue weighted by molar-refractivity contribution is 0.0979. The van der Waals surface area contributed by atoms with Gasteiger partial charge in [0.05, 0.1) is 7.11 Å². The maximum absolute atomic E-state index is 12.4. The van der Waals surface area contributed by atoms with Gasteiger partial charge in [0.15, 0.2) is 5.78 Å². The van der Waals surface area contributed by atoms with E-state index < -0.39 is 0 Å². The van der Waals surface area contributed by atoms with E-state index in [2.05, 4.69) is 12.2 Å². The zero-order valence-corrected chi connectivity index (χ0v) is 16.1. The third-order valence-electron chi connectivity index (χ3n) is 4.38. The van der Waals surface area contributed by atoms with Crippen molar-refractivity contribution in [1.29, 1.82) is 0 Å². The van der Waals surface area contributed by atoms with E-state index in [9.17, 15) is 9.59 Å². The molecule has 0 atom stereocenters. The number of hydrogen-bond donors (Lipinski definition) is 1. The minimum absolute atomic E-state index is 0.0174. The number of methoxy groups -OCH3 is 1. The highest BCUT2D eigenvalue weighted by Crippen LogP contribution is 2.31. The molecule has 0 aliphatic rings. The lowest BCUT2D eigenvalue weighted by Crippen LogP contribution is -2.18. The van der Waals surface area contributed by atoms with Gasteiger partial charge in [-0.3, -0.25) is 9.59 Å². The number of nitrogens with zero attached hydrogens (tertiary/aromatic N) is 1. The summed E-state index contributed by atoms with van der Waals surface area (Å²) < 4.78 is 7.07. The Morgan fingerprint density at radius 1 is 1.23 bits per heavy atom. The third-order valence-corrected chi connectivity index (χ3v) is 4.38. The lowest BCUT2D eigenvalue weighted by atomic mass is 9.99. The van der Waals surface area contributed by atoms with E-state index >= 15 is 0 Å². The van der Waals surface area contributed by atoms with Gasteiger partial charge >= 0.3 is 0 Å². The Labute approximate surface area is 155 Å². The fraction of sp³-hybridized carbons (Fsp3) is 0.429. The normalized spacial score (nSPS) is 10.8. The summed E-state index contributed by atoms with van der Waals surface area (Å²) in [6.07, 6.45) is 4.21. The van der Waals surface area contributed by atoms with Gasteiger partial charge in [0.2, 0.25) is 0 Å². The number of benzene rings is 1. The molecule has 0 spiro atoms. The van der Waals surface area contributed by atoms with Crippen LogP contribution in [0.3, 0.4) is 0 Å². The van der Waals surface area contributed by atoms with Crippen molar-refractivity contribution in [1.82, 2.24) is 9.88 Å². The summed E-state index contributed by atoms with van der Waals surface area (Å²) in [6, 6.07) is 7.36. The molecule has 0 aliphatic carbocycles. The van der Waals surface area contributed by atoms with E-state index in [1.807, 2.05) is 18.2 Å². The van der Waals surface area contributed by atoms with Gasteiger partial charge in [-0.1, -0.05) is 13.0 Å². The van der Waals surface area contributed by atoms with Crippen molar-refractivity contribution >= 4 is 5.78 Å². The highest BCUT2D eigenvalue weighted by Gasteiger charge is 2.13. The number of aromatic nitrogens is 1. The van der Waals surface area contributed by atoms with Crippen molar-refractivity contribution in [2.75, 3.05) is 20.2 Å². The monoisotopic (exact) mass is 356 g/mol. The quantitative estimate of drug-likeness (QED) is 0.553. The number of Topliss-reactive ketones (excluding diaryl/α,β-unsaturated/α-hetero) is 1. The van der Waals surface area contributed by atoms with Gasteiger partial charge in [-0.15, -0.1) is 0 Å². The number of hydrogen-bond acceptors (Lipinski definition) is 4. The molecule has 1 N–H and O–H groups in total. The summed E-state index contributed by atoms with van der Waals surface area (Å²) in [5.41, 5.74) is 3.07. The molecule has 26 heavy (non-hydrogen) atoms. The number of ketones is 1. The molecule has 0 unspecified atom stereocenters. The van der Waals surface area contributed by atoms with Gasteiger partial charge < -0.3 is 14.6 Å². The molecule has 0 fully saturated rings. The fourth-order valence-corrected chi connectivity index (χ4v) is 2.95.